The molecular formula is C17H19NO. The number of carbonyl (C=O) groups is 1. The molecule has 0 unspecified atom stereocenters. The summed E-state index contributed by atoms with van der Waals surface area (Å²) in [5.74, 6) is 0.215. The lowest BCUT2D eigenvalue weighted by Gasteiger charge is -2.06. The van der Waals surface area contributed by atoms with Crippen LogP contribution in [0.25, 0.3) is 0 Å². The van der Waals surface area contributed by atoms with Crippen LogP contribution in [0.1, 0.15) is 46.8 Å². The van der Waals surface area contributed by atoms with Crippen LogP contribution in [0, 0.1) is 0 Å². The van der Waals surface area contributed by atoms with Gasteiger partial charge in [0.25, 0.3) is 0 Å². The van der Waals surface area contributed by atoms with Gasteiger partial charge in [-0.1, -0.05) is 25.1 Å². The molecule has 1 aromatic carbocycles. The van der Waals surface area contributed by atoms with E-state index in [9.17, 15) is 4.79 Å². The molecule has 2 heteroatoms. The summed E-state index contributed by atoms with van der Waals surface area (Å²) in [6, 6.07) is 8.72. The van der Waals surface area contributed by atoms with Gasteiger partial charge in [-0.25, -0.2) is 0 Å². The minimum absolute atomic E-state index is 0.215. The number of benzene rings is 1. The van der Waals surface area contributed by atoms with Gasteiger partial charge < -0.3 is 4.57 Å². The standard InChI is InChI=1S/C17H19NO/c1-2-17(19)16-8-9-18(12-16)11-13-6-7-14-4-3-5-15(14)10-13/h6-10,12H,2-5,11H2,1H3. The zero-order chi connectivity index (χ0) is 13.2. The lowest BCUT2D eigenvalue weighted by Crippen LogP contribution is -1.99. The Kier molecular flexibility index (Phi) is 3.24. The van der Waals surface area contributed by atoms with Crippen molar-refractivity contribution >= 4 is 5.78 Å². The topological polar surface area (TPSA) is 22.0 Å². The lowest BCUT2D eigenvalue weighted by molar-refractivity contribution is 0.0988. The van der Waals surface area contributed by atoms with Crippen LogP contribution in [0.5, 0.6) is 0 Å². The Balaban J connectivity index is 1.78. The van der Waals surface area contributed by atoms with Crippen molar-refractivity contribution in [1.29, 1.82) is 0 Å². The van der Waals surface area contributed by atoms with E-state index in [1.165, 1.54) is 36.0 Å². The Morgan fingerprint density at radius 1 is 1.21 bits per heavy atom. The van der Waals surface area contributed by atoms with Crippen molar-refractivity contribution < 1.29 is 4.79 Å². The minimum atomic E-state index is 0.215. The Labute approximate surface area is 114 Å². The van der Waals surface area contributed by atoms with Gasteiger partial charge in [-0.05, 0) is 42.0 Å². The van der Waals surface area contributed by atoms with E-state index in [1.807, 2.05) is 25.4 Å². The van der Waals surface area contributed by atoms with E-state index in [0.29, 0.717) is 6.42 Å². The summed E-state index contributed by atoms with van der Waals surface area (Å²) in [7, 11) is 0. The average Bonchev–Trinajstić information content (AvgIpc) is 3.06. The van der Waals surface area contributed by atoms with Crippen LogP contribution in [0.4, 0.5) is 0 Å². The fourth-order valence-corrected chi connectivity index (χ4v) is 2.84. The van der Waals surface area contributed by atoms with Crippen molar-refractivity contribution in [3.63, 3.8) is 0 Å². The Morgan fingerprint density at radius 2 is 2.05 bits per heavy atom. The van der Waals surface area contributed by atoms with Gasteiger partial charge in [-0.15, -0.1) is 0 Å². The molecule has 0 radical (unpaired) electrons. The van der Waals surface area contributed by atoms with Gasteiger partial charge >= 0.3 is 0 Å². The molecule has 1 aliphatic carbocycles. The summed E-state index contributed by atoms with van der Waals surface area (Å²) in [5, 5.41) is 0. The number of hydrogen-bond acceptors (Lipinski definition) is 1. The Morgan fingerprint density at radius 3 is 2.89 bits per heavy atom. The fourth-order valence-electron chi connectivity index (χ4n) is 2.84. The molecule has 2 aromatic rings. The number of nitrogens with zero attached hydrogens (tertiary/aromatic N) is 1. The second-order valence-electron chi connectivity index (χ2n) is 5.31. The first-order valence-electron chi connectivity index (χ1n) is 7.06. The summed E-state index contributed by atoms with van der Waals surface area (Å²) in [5.41, 5.74) is 5.17. The summed E-state index contributed by atoms with van der Waals surface area (Å²) in [4.78, 5) is 11.6. The number of carbonyl (C=O) groups excluding carboxylic acids is 1. The third-order valence-electron chi connectivity index (χ3n) is 3.92. The highest BCUT2D eigenvalue weighted by Gasteiger charge is 2.11. The summed E-state index contributed by atoms with van der Waals surface area (Å²) < 4.78 is 2.10. The third-order valence-corrected chi connectivity index (χ3v) is 3.92. The first-order chi connectivity index (χ1) is 9.26. The number of ketones is 1. The molecule has 0 N–H and O–H groups in total. The normalized spacial score (nSPS) is 13.5. The first kappa shape index (κ1) is 12.2. The molecule has 1 heterocycles. The number of hydrogen-bond donors (Lipinski definition) is 0. The van der Waals surface area contributed by atoms with Crippen molar-refractivity contribution in [2.45, 2.75) is 39.2 Å². The zero-order valence-electron chi connectivity index (χ0n) is 11.4. The van der Waals surface area contributed by atoms with E-state index in [4.69, 9.17) is 0 Å². The van der Waals surface area contributed by atoms with Crippen molar-refractivity contribution in [2.75, 3.05) is 0 Å². The molecule has 19 heavy (non-hydrogen) atoms. The van der Waals surface area contributed by atoms with E-state index < -0.39 is 0 Å². The minimum Gasteiger partial charge on any atom is -0.349 e. The van der Waals surface area contributed by atoms with Crippen LogP contribution in [-0.4, -0.2) is 10.4 Å². The van der Waals surface area contributed by atoms with E-state index >= 15 is 0 Å². The van der Waals surface area contributed by atoms with Crippen LogP contribution >= 0.6 is 0 Å². The number of fused-ring (bicyclic) bond motifs is 1. The monoisotopic (exact) mass is 253 g/mol. The van der Waals surface area contributed by atoms with Gasteiger partial charge in [0.15, 0.2) is 5.78 Å². The maximum atomic E-state index is 11.6. The van der Waals surface area contributed by atoms with Crippen molar-refractivity contribution in [1.82, 2.24) is 4.57 Å². The van der Waals surface area contributed by atoms with Crippen molar-refractivity contribution in [2.24, 2.45) is 0 Å². The van der Waals surface area contributed by atoms with E-state index in [0.717, 1.165) is 12.1 Å². The summed E-state index contributed by atoms with van der Waals surface area (Å²) in [6.07, 6.45) is 8.26. The molecule has 0 saturated carbocycles. The highest BCUT2D eigenvalue weighted by atomic mass is 16.1. The molecule has 0 atom stereocenters. The average molecular weight is 253 g/mol. The van der Waals surface area contributed by atoms with Crippen LogP contribution in [0.15, 0.2) is 36.7 Å². The summed E-state index contributed by atoms with van der Waals surface area (Å²) in [6.45, 7) is 2.75. The first-order valence-corrected chi connectivity index (χ1v) is 7.06. The van der Waals surface area contributed by atoms with Crippen molar-refractivity contribution in [3.8, 4) is 0 Å². The predicted octanol–water partition coefficient (Wildman–Crippen LogP) is 3.62. The smallest absolute Gasteiger partial charge is 0.164 e. The Bertz CT molecular complexity index is 609. The molecular weight excluding hydrogens is 234 g/mol. The van der Waals surface area contributed by atoms with E-state index in [1.54, 1.807) is 0 Å². The van der Waals surface area contributed by atoms with Gasteiger partial charge in [0.1, 0.15) is 0 Å². The second-order valence-corrected chi connectivity index (χ2v) is 5.31. The zero-order valence-corrected chi connectivity index (χ0v) is 11.4. The molecule has 3 rings (SSSR count). The van der Waals surface area contributed by atoms with Crippen LogP contribution < -0.4 is 0 Å². The molecule has 2 nitrogen and oxygen atoms in total. The maximum Gasteiger partial charge on any atom is 0.164 e. The molecule has 0 fully saturated rings. The maximum absolute atomic E-state index is 11.6. The fraction of sp³-hybridized carbons (Fsp3) is 0.353. The molecule has 98 valence electrons. The third kappa shape index (κ3) is 2.48. The second kappa shape index (κ2) is 5.04. The number of rotatable bonds is 4. The van der Waals surface area contributed by atoms with Crippen LogP contribution in [-0.2, 0) is 19.4 Å². The largest absolute Gasteiger partial charge is 0.349 e. The van der Waals surface area contributed by atoms with Gasteiger partial charge in [0, 0.05) is 30.9 Å². The van der Waals surface area contributed by atoms with Gasteiger partial charge in [-0.3, -0.25) is 4.79 Å². The predicted molar refractivity (Wildman–Crippen MR) is 76.6 cm³/mol. The lowest BCUT2D eigenvalue weighted by atomic mass is 10.1. The van der Waals surface area contributed by atoms with Gasteiger partial charge in [0.2, 0.25) is 0 Å². The van der Waals surface area contributed by atoms with Gasteiger partial charge in [-0.2, -0.15) is 0 Å². The quantitative estimate of drug-likeness (QED) is 0.763. The van der Waals surface area contributed by atoms with Gasteiger partial charge in [0.05, 0.1) is 0 Å². The van der Waals surface area contributed by atoms with E-state index in [-0.39, 0.29) is 5.78 Å². The van der Waals surface area contributed by atoms with Crippen molar-refractivity contribution in [3.05, 3.63) is 58.9 Å². The van der Waals surface area contributed by atoms with Crippen LogP contribution in [0.2, 0.25) is 0 Å². The van der Waals surface area contributed by atoms with Crippen LogP contribution in [0.3, 0.4) is 0 Å². The molecule has 0 amide bonds. The Hall–Kier alpha value is -1.83. The molecule has 0 saturated heterocycles. The number of Topliss-reactive ketones (excluding diaryl/α,β-unsaturated/α-hetero) is 1. The molecule has 1 aliphatic rings. The SMILES string of the molecule is CCC(=O)c1ccn(Cc2ccc3c(c2)CCC3)c1. The number of aryl methyl sites for hydroxylation is 2. The molecule has 0 spiro atoms. The summed E-state index contributed by atoms with van der Waals surface area (Å²) >= 11 is 0. The van der Waals surface area contributed by atoms with E-state index in [2.05, 4.69) is 22.8 Å². The molecule has 0 aliphatic heterocycles. The molecule has 0 bridgehead atoms. The number of aromatic nitrogens is 1. The highest BCUT2D eigenvalue weighted by Crippen LogP contribution is 2.23. The molecule has 1 aromatic heterocycles. The highest BCUT2D eigenvalue weighted by molar-refractivity contribution is 5.95.